The molecule has 2 fully saturated rings. The highest BCUT2D eigenvalue weighted by atomic mass is 16.5. The number of nitrogens with zero attached hydrogens (tertiary/aromatic N) is 4. The second-order valence-corrected chi connectivity index (χ2v) is 7.72. The van der Waals surface area contributed by atoms with Gasteiger partial charge in [0.1, 0.15) is 5.69 Å². The third-order valence-electron chi connectivity index (χ3n) is 4.97. The molecule has 1 amide bonds. The first kappa shape index (κ1) is 16.3. The van der Waals surface area contributed by atoms with Crippen molar-refractivity contribution in [1.82, 2.24) is 25.2 Å². The first-order valence-electron chi connectivity index (χ1n) is 9.27. The summed E-state index contributed by atoms with van der Waals surface area (Å²) in [7, 11) is 0. The number of aromatic nitrogens is 4. The molecule has 2 aliphatic rings. The van der Waals surface area contributed by atoms with Gasteiger partial charge in [-0.2, -0.15) is 10.1 Å². The Morgan fingerprint density at radius 2 is 2.20 bits per heavy atom. The summed E-state index contributed by atoms with van der Waals surface area (Å²) in [6.45, 7) is 5.65. The molecule has 0 bridgehead atoms. The van der Waals surface area contributed by atoms with Crippen molar-refractivity contribution in [2.45, 2.75) is 57.8 Å². The predicted octanol–water partition coefficient (Wildman–Crippen LogP) is 2.89. The number of hydrogen-bond acceptors (Lipinski definition) is 5. The fraction of sp³-hybridized carbons (Fsp3) is 0.667. The topological polar surface area (TPSA) is 87.9 Å². The summed E-state index contributed by atoms with van der Waals surface area (Å²) in [5.74, 6) is 2.60. The van der Waals surface area contributed by atoms with Gasteiger partial charge in [-0.1, -0.05) is 19.0 Å². The van der Waals surface area contributed by atoms with Crippen LogP contribution in [0.1, 0.15) is 79.3 Å². The van der Waals surface area contributed by atoms with Crippen molar-refractivity contribution in [2.24, 2.45) is 5.92 Å². The molecule has 0 spiro atoms. The van der Waals surface area contributed by atoms with E-state index in [0.717, 1.165) is 37.3 Å². The molecule has 1 aliphatic carbocycles. The van der Waals surface area contributed by atoms with Gasteiger partial charge in [0.25, 0.3) is 5.91 Å². The molecule has 1 atom stereocenters. The summed E-state index contributed by atoms with van der Waals surface area (Å²) in [5.41, 5.74) is 1.61. The zero-order valence-corrected chi connectivity index (χ0v) is 14.9. The van der Waals surface area contributed by atoms with E-state index in [-0.39, 0.29) is 11.8 Å². The number of piperidine rings is 1. The monoisotopic (exact) mass is 343 g/mol. The Labute approximate surface area is 147 Å². The Hall–Kier alpha value is -2.18. The predicted molar refractivity (Wildman–Crippen MR) is 91.3 cm³/mol. The van der Waals surface area contributed by atoms with E-state index in [2.05, 4.69) is 34.2 Å². The summed E-state index contributed by atoms with van der Waals surface area (Å²) in [6, 6.07) is 1.91. The lowest BCUT2D eigenvalue weighted by molar-refractivity contribution is 0.0689. The van der Waals surface area contributed by atoms with E-state index < -0.39 is 0 Å². The molecule has 0 aromatic carbocycles. The van der Waals surface area contributed by atoms with Gasteiger partial charge < -0.3 is 9.42 Å². The number of rotatable bonds is 5. The number of carbonyl (C=O) groups is 1. The highest BCUT2D eigenvalue weighted by molar-refractivity contribution is 5.92. The van der Waals surface area contributed by atoms with Gasteiger partial charge in [-0.05, 0) is 37.7 Å². The third-order valence-corrected chi connectivity index (χ3v) is 4.97. The third kappa shape index (κ3) is 3.60. The van der Waals surface area contributed by atoms with Crippen LogP contribution in [0.15, 0.2) is 10.6 Å². The van der Waals surface area contributed by atoms with Crippen LogP contribution < -0.4 is 0 Å². The molecule has 0 unspecified atom stereocenters. The maximum atomic E-state index is 12.8. The van der Waals surface area contributed by atoms with Crippen molar-refractivity contribution in [3.8, 4) is 0 Å². The fourth-order valence-corrected chi connectivity index (χ4v) is 3.46. The van der Waals surface area contributed by atoms with Crippen LogP contribution in [0.5, 0.6) is 0 Å². The van der Waals surface area contributed by atoms with Crippen molar-refractivity contribution < 1.29 is 9.32 Å². The molecule has 7 nitrogen and oxygen atoms in total. The van der Waals surface area contributed by atoms with Crippen molar-refractivity contribution >= 4 is 5.91 Å². The average Bonchev–Trinajstić information content (AvgIpc) is 3.15. The maximum Gasteiger partial charge on any atom is 0.274 e. The number of aromatic amines is 1. The van der Waals surface area contributed by atoms with Crippen LogP contribution in [0.2, 0.25) is 0 Å². The highest BCUT2D eigenvalue weighted by Gasteiger charge is 2.31. The molecule has 1 saturated heterocycles. The Kier molecular flexibility index (Phi) is 4.31. The lowest BCUT2D eigenvalue weighted by atomic mass is 9.97. The van der Waals surface area contributed by atoms with E-state index in [9.17, 15) is 4.79 Å². The minimum atomic E-state index is -0.00484. The molecule has 1 saturated carbocycles. The quantitative estimate of drug-likeness (QED) is 0.902. The number of nitrogens with one attached hydrogen (secondary N) is 1. The lowest BCUT2D eigenvalue weighted by Gasteiger charge is -2.30. The molecule has 134 valence electrons. The molecular weight excluding hydrogens is 318 g/mol. The van der Waals surface area contributed by atoms with Gasteiger partial charge in [0.05, 0.1) is 5.92 Å². The Morgan fingerprint density at radius 3 is 2.96 bits per heavy atom. The molecule has 4 rings (SSSR count). The van der Waals surface area contributed by atoms with Crippen molar-refractivity contribution in [1.29, 1.82) is 0 Å². The second-order valence-electron chi connectivity index (χ2n) is 7.72. The summed E-state index contributed by atoms with van der Waals surface area (Å²) < 4.78 is 5.46. The number of amides is 1. The zero-order valence-electron chi connectivity index (χ0n) is 14.9. The van der Waals surface area contributed by atoms with Crippen LogP contribution in [-0.4, -0.2) is 44.2 Å². The molecule has 1 aliphatic heterocycles. The van der Waals surface area contributed by atoms with Crippen molar-refractivity contribution in [3.05, 3.63) is 29.2 Å². The number of carbonyl (C=O) groups excluding carboxylic acids is 1. The molecule has 3 heterocycles. The number of likely N-dealkylation sites (tertiary alicyclic amines) is 1. The van der Waals surface area contributed by atoms with Gasteiger partial charge in [0, 0.05) is 31.1 Å². The molecule has 1 N–H and O–H groups in total. The second kappa shape index (κ2) is 6.61. The molecular formula is C18H25N5O2. The zero-order chi connectivity index (χ0) is 17.4. The molecule has 25 heavy (non-hydrogen) atoms. The Morgan fingerprint density at radius 1 is 1.36 bits per heavy atom. The molecule has 2 aromatic rings. The summed E-state index contributed by atoms with van der Waals surface area (Å²) in [6.07, 6.45) is 5.12. The lowest BCUT2D eigenvalue weighted by Crippen LogP contribution is -2.39. The smallest absolute Gasteiger partial charge is 0.274 e. The molecule has 7 heteroatoms. The van der Waals surface area contributed by atoms with Gasteiger partial charge in [-0.25, -0.2) is 0 Å². The van der Waals surface area contributed by atoms with Crippen LogP contribution >= 0.6 is 0 Å². The van der Waals surface area contributed by atoms with E-state index in [0.29, 0.717) is 30.0 Å². The van der Waals surface area contributed by atoms with Crippen molar-refractivity contribution in [3.63, 3.8) is 0 Å². The van der Waals surface area contributed by atoms with Crippen LogP contribution in [0.3, 0.4) is 0 Å². The largest absolute Gasteiger partial charge is 0.339 e. The standard InChI is InChI=1S/C18H25N5O2/c1-11(2)8-16-19-17(25-22-16)13-4-3-7-23(10-13)18(24)15-9-14(20-21-15)12-5-6-12/h9,11-13H,3-8,10H2,1-2H3,(H,20,21)/t13-/m1/s1. The molecule has 2 aromatic heterocycles. The van der Waals surface area contributed by atoms with Gasteiger partial charge in [-0.3, -0.25) is 9.89 Å². The summed E-state index contributed by atoms with van der Waals surface area (Å²) >= 11 is 0. The maximum absolute atomic E-state index is 12.8. The van der Waals surface area contributed by atoms with Crippen LogP contribution in [0.25, 0.3) is 0 Å². The minimum absolute atomic E-state index is 0.00484. The van der Waals surface area contributed by atoms with Crippen LogP contribution in [-0.2, 0) is 6.42 Å². The minimum Gasteiger partial charge on any atom is -0.339 e. The first-order chi connectivity index (χ1) is 12.1. The first-order valence-corrected chi connectivity index (χ1v) is 9.27. The van der Waals surface area contributed by atoms with E-state index >= 15 is 0 Å². The van der Waals surface area contributed by atoms with E-state index in [1.54, 1.807) is 0 Å². The average molecular weight is 343 g/mol. The van der Waals surface area contributed by atoms with Crippen molar-refractivity contribution in [2.75, 3.05) is 13.1 Å². The number of H-pyrrole nitrogens is 1. The highest BCUT2D eigenvalue weighted by Crippen LogP contribution is 2.39. The van der Waals surface area contributed by atoms with E-state index in [4.69, 9.17) is 4.52 Å². The summed E-state index contributed by atoms with van der Waals surface area (Å²) in [5, 5.41) is 11.3. The van der Waals surface area contributed by atoms with Crippen LogP contribution in [0, 0.1) is 5.92 Å². The normalized spacial score (nSPS) is 21.1. The van der Waals surface area contributed by atoms with Gasteiger partial charge in [0.15, 0.2) is 5.82 Å². The Balaban J connectivity index is 1.42. The fourth-order valence-electron chi connectivity index (χ4n) is 3.46. The van der Waals surface area contributed by atoms with E-state index in [1.807, 2.05) is 11.0 Å². The van der Waals surface area contributed by atoms with E-state index in [1.165, 1.54) is 12.8 Å². The van der Waals surface area contributed by atoms with Crippen LogP contribution in [0.4, 0.5) is 0 Å². The Bertz CT molecular complexity index is 746. The van der Waals surface area contributed by atoms with Gasteiger partial charge in [0.2, 0.25) is 5.89 Å². The van der Waals surface area contributed by atoms with Gasteiger partial charge >= 0.3 is 0 Å². The number of hydrogen-bond donors (Lipinski definition) is 1. The SMILES string of the molecule is CC(C)Cc1noc([C@@H]2CCCN(C(=O)c3cc(C4CC4)[nH]n3)C2)n1. The summed E-state index contributed by atoms with van der Waals surface area (Å²) in [4.78, 5) is 19.2. The van der Waals surface area contributed by atoms with Gasteiger partial charge in [-0.15, -0.1) is 0 Å². The molecule has 0 radical (unpaired) electrons.